The average molecular weight is 677 g/mol. The van der Waals surface area contributed by atoms with Gasteiger partial charge in [-0.3, -0.25) is 9.59 Å². The SMILES string of the molecule is O=C1c2cccc(-n3c4c(C(F)(F)F)cccc4c4cccc(C(F)(F)F)c43)c2C(=O)N1c1ccc(-c2ccccc2)cc1-c1ccccc1. The summed E-state index contributed by atoms with van der Waals surface area (Å²) in [4.78, 5) is 29.7. The molecule has 1 aliphatic heterocycles. The highest BCUT2D eigenvalue weighted by Gasteiger charge is 2.43. The lowest BCUT2D eigenvalue weighted by Gasteiger charge is -2.20. The molecule has 4 nitrogen and oxygen atoms in total. The van der Waals surface area contributed by atoms with E-state index in [1.807, 2.05) is 54.6 Å². The fourth-order valence-electron chi connectivity index (χ4n) is 6.88. The number of fused-ring (bicyclic) bond motifs is 4. The molecular weight excluding hydrogens is 654 g/mol. The molecule has 50 heavy (non-hydrogen) atoms. The van der Waals surface area contributed by atoms with Gasteiger partial charge < -0.3 is 4.57 Å². The maximum atomic E-state index is 14.6. The van der Waals surface area contributed by atoms with E-state index in [4.69, 9.17) is 0 Å². The third kappa shape index (κ3) is 4.78. The van der Waals surface area contributed by atoms with Crippen molar-refractivity contribution >= 4 is 39.3 Å². The molecule has 2 amide bonds. The van der Waals surface area contributed by atoms with E-state index in [2.05, 4.69) is 0 Å². The summed E-state index contributed by atoms with van der Waals surface area (Å²) in [6.45, 7) is 0. The van der Waals surface area contributed by atoms with Gasteiger partial charge >= 0.3 is 12.4 Å². The molecule has 0 aliphatic carbocycles. The van der Waals surface area contributed by atoms with Crippen LogP contribution in [0.2, 0.25) is 0 Å². The third-order valence-corrected chi connectivity index (χ3v) is 8.98. The van der Waals surface area contributed by atoms with Crippen molar-refractivity contribution < 1.29 is 35.9 Å². The first-order valence-electron chi connectivity index (χ1n) is 15.4. The summed E-state index contributed by atoms with van der Waals surface area (Å²) in [7, 11) is 0. The molecule has 0 fully saturated rings. The van der Waals surface area contributed by atoms with Gasteiger partial charge in [0.1, 0.15) is 0 Å². The summed E-state index contributed by atoms with van der Waals surface area (Å²) in [5, 5.41) is -0.176. The Balaban J connectivity index is 1.40. The number of halogens is 6. The Labute approximate surface area is 280 Å². The van der Waals surface area contributed by atoms with Gasteiger partial charge in [-0.05, 0) is 53.1 Å². The molecule has 0 saturated heterocycles. The molecule has 7 aromatic rings. The van der Waals surface area contributed by atoms with Crippen LogP contribution in [0.25, 0.3) is 49.7 Å². The van der Waals surface area contributed by atoms with E-state index in [1.54, 1.807) is 24.3 Å². The highest BCUT2D eigenvalue weighted by atomic mass is 19.4. The van der Waals surface area contributed by atoms with Crippen LogP contribution in [0.4, 0.5) is 32.0 Å². The standard InChI is InChI=1S/C40H22F6N2O2/c41-39(42,43)30-17-7-14-26-27-15-8-18-31(40(44,45)46)36(27)47(35(26)30)33-19-9-16-28-34(33)38(50)48(37(28)49)32-21-20-25(23-10-3-1-4-11-23)22-29(32)24-12-5-2-6-13-24/h1-22H. The molecule has 0 radical (unpaired) electrons. The number of rotatable bonds is 4. The minimum Gasteiger partial charge on any atom is -0.307 e. The zero-order chi connectivity index (χ0) is 34.9. The van der Waals surface area contributed by atoms with Crippen molar-refractivity contribution in [2.45, 2.75) is 12.4 Å². The van der Waals surface area contributed by atoms with Gasteiger partial charge in [-0.25, -0.2) is 4.90 Å². The second-order valence-electron chi connectivity index (χ2n) is 11.8. The molecule has 10 heteroatoms. The van der Waals surface area contributed by atoms with Crippen LogP contribution >= 0.6 is 0 Å². The molecule has 0 unspecified atom stereocenters. The van der Waals surface area contributed by atoms with Crippen molar-refractivity contribution in [3.63, 3.8) is 0 Å². The normalized spacial score (nSPS) is 13.4. The first-order chi connectivity index (χ1) is 23.9. The number of amides is 2. The van der Waals surface area contributed by atoms with E-state index in [0.29, 0.717) is 11.1 Å². The number of alkyl halides is 6. The van der Waals surface area contributed by atoms with E-state index in [-0.39, 0.29) is 33.3 Å². The van der Waals surface area contributed by atoms with Crippen molar-refractivity contribution in [2.75, 3.05) is 4.90 Å². The smallest absolute Gasteiger partial charge is 0.307 e. The molecule has 8 rings (SSSR count). The van der Waals surface area contributed by atoms with Crippen molar-refractivity contribution in [2.24, 2.45) is 0 Å². The zero-order valence-corrected chi connectivity index (χ0v) is 25.7. The first-order valence-corrected chi connectivity index (χ1v) is 15.4. The number of para-hydroxylation sites is 2. The lowest BCUT2D eigenvalue weighted by atomic mass is 9.97. The number of nitrogens with zero attached hydrogens (tertiary/aromatic N) is 2. The summed E-state index contributed by atoms with van der Waals surface area (Å²) in [6, 6.07) is 34.1. The second kappa shape index (κ2) is 11.2. The molecule has 1 aromatic heterocycles. The van der Waals surface area contributed by atoms with Gasteiger partial charge in [-0.1, -0.05) is 97.1 Å². The van der Waals surface area contributed by atoms with Crippen molar-refractivity contribution in [1.82, 2.24) is 4.57 Å². The summed E-state index contributed by atoms with van der Waals surface area (Å²) >= 11 is 0. The number of benzene rings is 6. The maximum Gasteiger partial charge on any atom is 0.418 e. The summed E-state index contributed by atoms with van der Waals surface area (Å²) in [6.07, 6.45) is -9.92. The minimum absolute atomic E-state index is 0.0879. The molecular formula is C40H22F6N2O2. The Bertz CT molecular complexity index is 2430. The quantitative estimate of drug-likeness (QED) is 0.138. The number of imide groups is 1. The van der Waals surface area contributed by atoms with E-state index in [9.17, 15) is 35.9 Å². The molecule has 6 aromatic carbocycles. The average Bonchev–Trinajstić information content (AvgIpc) is 3.58. The Hall–Kier alpha value is -6.16. The predicted molar refractivity (Wildman–Crippen MR) is 179 cm³/mol. The number of anilines is 1. The monoisotopic (exact) mass is 676 g/mol. The van der Waals surface area contributed by atoms with Crippen LogP contribution in [-0.4, -0.2) is 16.4 Å². The van der Waals surface area contributed by atoms with Crippen molar-refractivity contribution in [3.8, 4) is 27.9 Å². The third-order valence-electron chi connectivity index (χ3n) is 8.98. The fourth-order valence-corrected chi connectivity index (χ4v) is 6.88. The zero-order valence-electron chi connectivity index (χ0n) is 25.7. The Morgan fingerprint density at radius 1 is 0.440 bits per heavy atom. The molecule has 0 N–H and O–H groups in total. The predicted octanol–water partition coefficient (Wildman–Crippen LogP) is 11.0. The lowest BCUT2D eigenvalue weighted by molar-refractivity contribution is -0.136. The minimum atomic E-state index is -4.96. The highest BCUT2D eigenvalue weighted by molar-refractivity contribution is 6.36. The molecule has 0 saturated carbocycles. The van der Waals surface area contributed by atoms with Gasteiger partial charge in [0.15, 0.2) is 0 Å². The van der Waals surface area contributed by atoms with Crippen LogP contribution in [0.1, 0.15) is 31.8 Å². The number of hydrogen-bond donors (Lipinski definition) is 0. The van der Waals surface area contributed by atoms with Crippen LogP contribution in [0, 0.1) is 0 Å². The van der Waals surface area contributed by atoms with Crippen LogP contribution in [0.15, 0.2) is 133 Å². The van der Waals surface area contributed by atoms with E-state index >= 15 is 0 Å². The van der Waals surface area contributed by atoms with Crippen LogP contribution in [0.5, 0.6) is 0 Å². The molecule has 1 aliphatic rings. The van der Waals surface area contributed by atoms with Crippen LogP contribution < -0.4 is 4.90 Å². The highest BCUT2D eigenvalue weighted by Crippen LogP contribution is 2.46. The fraction of sp³-hybridized carbons (Fsp3) is 0.0500. The number of hydrogen-bond acceptors (Lipinski definition) is 2. The van der Waals surface area contributed by atoms with E-state index < -0.39 is 46.3 Å². The molecule has 0 bridgehead atoms. The van der Waals surface area contributed by atoms with Gasteiger partial charge in [0, 0.05) is 16.3 Å². The Kier molecular flexibility index (Phi) is 6.97. The topological polar surface area (TPSA) is 42.3 Å². The Morgan fingerprint density at radius 2 is 0.980 bits per heavy atom. The first kappa shape index (κ1) is 31.1. The van der Waals surface area contributed by atoms with Gasteiger partial charge in [-0.2, -0.15) is 26.3 Å². The number of carbonyl (C=O) groups excluding carboxylic acids is 2. The maximum absolute atomic E-state index is 14.6. The summed E-state index contributed by atoms with van der Waals surface area (Å²) in [5.41, 5.74) is -1.13. The number of carbonyl (C=O) groups is 2. The Morgan fingerprint density at radius 3 is 1.54 bits per heavy atom. The van der Waals surface area contributed by atoms with E-state index in [0.717, 1.165) is 44.9 Å². The lowest BCUT2D eigenvalue weighted by Crippen LogP contribution is -2.30. The second-order valence-corrected chi connectivity index (χ2v) is 11.8. The molecule has 0 spiro atoms. The van der Waals surface area contributed by atoms with Gasteiger partial charge in [0.05, 0.1) is 44.7 Å². The summed E-state index contributed by atoms with van der Waals surface area (Å²) < 4.78 is 88.2. The molecule has 0 atom stereocenters. The van der Waals surface area contributed by atoms with E-state index in [1.165, 1.54) is 30.3 Å². The van der Waals surface area contributed by atoms with Crippen molar-refractivity contribution in [1.29, 1.82) is 0 Å². The summed E-state index contributed by atoms with van der Waals surface area (Å²) in [5.74, 6) is -1.64. The van der Waals surface area contributed by atoms with Gasteiger partial charge in [0.25, 0.3) is 11.8 Å². The van der Waals surface area contributed by atoms with Gasteiger partial charge in [-0.15, -0.1) is 0 Å². The number of aromatic nitrogens is 1. The van der Waals surface area contributed by atoms with Crippen LogP contribution in [-0.2, 0) is 12.4 Å². The largest absolute Gasteiger partial charge is 0.418 e. The van der Waals surface area contributed by atoms with Gasteiger partial charge in [0.2, 0.25) is 0 Å². The van der Waals surface area contributed by atoms with Crippen LogP contribution in [0.3, 0.4) is 0 Å². The van der Waals surface area contributed by atoms with Crippen molar-refractivity contribution in [3.05, 3.63) is 156 Å². The molecule has 2 heterocycles. The molecule has 246 valence electrons.